The van der Waals surface area contributed by atoms with Gasteiger partial charge < -0.3 is 11.1 Å². The Morgan fingerprint density at radius 1 is 1.65 bits per heavy atom. The van der Waals surface area contributed by atoms with E-state index in [0.717, 1.165) is 5.75 Å². The lowest BCUT2D eigenvalue weighted by atomic mass is 10.2. The minimum Gasteiger partial charge on any atom is -0.325 e. The number of nitrogens with two attached hydrogens (primary N) is 1. The van der Waals surface area contributed by atoms with Crippen molar-refractivity contribution in [3.05, 3.63) is 29.8 Å². The molecule has 0 heterocycles. The zero-order chi connectivity index (χ0) is 12.7. The summed E-state index contributed by atoms with van der Waals surface area (Å²) in [7, 11) is 0. The van der Waals surface area contributed by atoms with Gasteiger partial charge in [-0.3, -0.25) is 4.79 Å². The topological polar surface area (TPSA) is 78.9 Å². The highest BCUT2D eigenvalue weighted by Crippen LogP contribution is 2.10. The molecule has 0 aliphatic rings. The number of hydrogen-bond donors (Lipinski definition) is 2. The van der Waals surface area contributed by atoms with E-state index < -0.39 is 6.04 Å². The van der Waals surface area contributed by atoms with Gasteiger partial charge in [0.05, 0.1) is 17.7 Å². The second kappa shape index (κ2) is 6.94. The van der Waals surface area contributed by atoms with Crippen LogP contribution in [0.3, 0.4) is 0 Å². The molecule has 90 valence electrons. The molecule has 4 nitrogen and oxygen atoms in total. The molecule has 1 aromatic carbocycles. The van der Waals surface area contributed by atoms with Crippen molar-refractivity contribution in [3.63, 3.8) is 0 Å². The van der Waals surface area contributed by atoms with Crippen molar-refractivity contribution in [2.45, 2.75) is 12.5 Å². The lowest BCUT2D eigenvalue weighted by Gasteiger charge is -2.11. The Kier molecular flexibility index (Phi) is 5.53. The molecule has 1 atom stereocenters. The Balaban J connectivity index is 2.58. The summed E-state index contributed by atoms with van der Waals surface area (Å²) in [6.45, 7) is 0. The van der Waals surface area contributed by atoms with E-state index in [1.165, 1.54) is 0 Å². The lowest BCUT2D eigenvalue weighted by molar-refractivity contribution is -0.117. The monoisotopic (exact) mass is 249 g/mol. The van der Waals surface area contributed by atoms with Gasteiger partial charge in [-0.05, 0) is 36.6 Å². The Labute approximate surface area is 105 Å². The number of carbonyl (C=O) groups excluding carboxylic acids is 1. The fourth-order valence-corrected chi connectivity index (χ4v) is 1.77. The van der Waals surface area contributed by atoms with Crippen LogP contribution < -0.4 is 11.1 Å². The van der Waals surface area contributed by atoms with Crippen molar-refractivity contribution in [3.8, 4) is 6.07 Å². The number of nitrogens with one attached hydrogen (secondary N) is 1. The minimum atomic E-state index is -0.506. The summed E-state index contributed by atoms with van der Waals surface area (Å²) in [4.78, 5) is 11.7. The van der Waals surface area contributed by atoms with Crippen LogP contribution in [0.25, 0.3) is 0 Å². The minimum absolute atomic E-state index is 0.214. The Morgan fingerprint density at radius 2 is 2.41 bits per heavy atom. The number of nitriles is 1. The van der Waals surface area contributed by atoms with Crippen LogP contribution in [0.2, 0.25) is 0 Å². The van der Waals surface area contributed by atoms with E-state index in [0.29, 0.717) is 17.7 Å². The lowest BCUT2D eigenvalue weighted by Crippen LogP contribution is -2.36. The summed E-state index contributed by atoms with van der Waals surface area (Å²) < 4.78 is 0. The molecule has 3 N–H and O–H groups in total. The first-order valence-corrected chi connectivity index (χ1v) is 6.62. The van der Waals surface area contributed by atoms with Crippen molar-refractivity contribution < 1.29 is 4.79 Å². The zero-order valence-corrected chi connectivity index (χ0v) is 10.5. The number of carbonyl (C=O) groups is 1. The Hall–Kier alpha value is -1.51. The highest BCUT2D eigenvalue weighted by atomic mass is 32.2. The number of nitrogens with zero attached hydrogens (tertiary/aromatic N) is 1. The van der Waals surface area contributed by atoms with Crippen molar-refractivity contribution in [2.24, 2.45) is 5.73 Å². The van der Waals surface area contributed by atoms with Crippen LogP contribution >= 0.6 is 11.8 Å². The molecule has 0 aliphatic heterocycles. The number of amides is 1. The van der Waals surface area contributed by atoms with Crippen LogP contribution in [-0.2, 0) is 4.79 Å². The maximum absolute atomic E-state index is 11.7. The molecule has 1 amide bonds. The van der Waals surface area contributed by atoms with E-state index in [1.807, 2.05) is 12.3 Å². The van der Waals surface area contributed by atoms with Gasteiger partial charge >= 0.3 is 0 Å². The second-order valence-electron chi connectivity index (χ2n) is 3.57. The van der Waals surface area contributed by atoms with Gasteiger partial charge in [-0.1, -0.05) is 6.07 Å². The molecule has 0 unspecified atom stereocenters. The van der Waals surface area contributed by atoms with E-state index >= 15 is 0 Å². The number of rotatable bonds is 5. The fraction of sp³-hybridized carbons (Fsp3) is 0.333. The predicted octanol–water partition coefficient (Wildman–Crippen LogP) is 1.58. The number of hydrogen-bond acceptors (Lipinski definition) is 4. The molecule has 17 heavy (non-hydrogen) atoms. The van der Waals surface area contributed by atoms with E-state index in [-0.39, 0.29) is 5.91 Å². The molecule has 0 spiro atoms. The van der Waals surface area contributed by atoms with Crippen LogP contribution in [0.1, 0.15) is 12.0 Å². The van der Waals surface area contributed by atoms with Crippen molar-refractivity contribution >= 4 is 23.4 Å². The van der Waals surface area contributed by atoms with Gasteiger partial charge in [0.2, 0.25) is 5.91 Å². The highest BCUT2D eigenvalue weighted by Gasteiger charge is 2.12. The van der Waals surface area contributed by atoms with Crippen LogP contribution in [-0.4, -0.2) is 24.0 Å². The summed E-state index contributed by atoms with van der Waals surface area (Å²) in [6.07, 6.45) is 2.62. The molecule has 0 aromatic heterocycles. The van der Waals surface area contributed by atoms with Gasteiger partial charge in [0.1, 0.15) is 0 Å². The molecule has 0 radical (unpaired) electrons. The quantitative estimate of drug-likeness (QED) is 0.830. The maximum Gasteiger partial charge on any atom is 0.241 e. The standard InChI is InChI=1S/C12H15N3OS/c1-17-6-5-11(14)12(16)15-10-4-2-3-9(7-10)8-13/h2-4,7,11H,5-6,14H2,1H3,(H,15,16)/t11-/m1/s1. The number of thioether (sulfide) groups is 1. The molecule has 0 bridgehead atoms. The molecule has 1 aromatic rings. The SMILES string of the molecule is CSCC[C@@H](N)C(=O)Nc1cccc(C#N)c1. The first kappa shape index (κ1) is 13.6. The Bertz CT molecular complexity index is 428. The normalized spacial score (nSPS) is 11.6. The average Bonchev–Trinajstić information content (AvgIpc) is 2.36. The third-order valence-electron chi connectivity index (χ3n) is 2.23. The molecule has 0 aliphatic carbocycles. The fourth-order valence-electron chi connectivity index (χ4n) is 1.28. The Morgan fingerprint density at radius 3 is 3.06 bits per heavy atom. The van der Waals surface area contributed by atoms with Crippen molar-refractivity contribution in [1.29, 1.82) is 5.26 Å². The first-order valence-electron chi connectivity index (χ1n) is 5.23. The van der Waals surface area contributed by atoms with Crippen LogP contribution in [0, 0.1) is 11.3 Å². The summed E-state index contributed by atoms with van der Waals surface area (Å²) in [5, 5.41) is 11.4. The van der Waals surface area contributed by atoms with Crippen molar-refractivity contribution in [2.75, 3.05) is 17.3 Å². The third kappa shape index (κ3) is 4.47. The maximum atomic E-state index is 11.7. The van der Waals surface area contributed by atoms with Crippen molar-refractivity contribution in [1.82, 2.24) is 0 Å². The van der Waals surface area contributed by atoms with Crippen LogP contribution in [0.4, 0.5) is 5.69 Å². The summed E-state index contributed by atoms with van der Waals surface area (Å²) in [6, 6.07) is 8.28. The van der Waals surface area contributed by atoms with Crippen LogP contribution in [0.5, 0.6) is 0 Å². The molecule has 0 fully saturated rings. The largest absolute Gasteiger partial charge is 0.325 e. The molecular weight excluding hydrogens is 234 g/mol. The van der Waals surface area contributed by atoms with Gasteiger partial charge in [-0.15, -0.1) is 0 Å². The zero-order valence-electron chi connectivity index (χ0n) is 9.64. The van der Waals surface area contributed by atoms with Gasteiger partial charge in [-0.25, -0.2) is 0 Å². The molecule has 0 saturated heterocycles. The van der Waals surface area contributed by atoms with E-state index in [4.69, 9.17) is 11.0 Å². The van der Waals surface area contributed by atoms with E-state index in [1.54, 1.807) is 36.0 Å². The number of anilines is 1. The van der Waals surface area contributed by atoms with E-state index in [9.17, 15) is 4.79 Å². The first-order chi connectivity index (χ1) is 8.17. The van der Waals surface area contributed by atoms with E-state index in [2.05, 4.69) is 5.32 Å². The number of benzene rings is 1. The molecular formula is C12H15N3OS. The summed E-state index contributed by atoms with van der Waals surface area (Å²) in [5.41, 5.74) is 6.85. The average molecular weight is 249 g/mol. The van der Waals surface area contributed by atoms with Crippen LogP contribution in [0.15, 0.2) is 24.3 Å². The molecule has 1 rings (SSSR count). The predicted molar refractivity (Wildman–Crippen MR) is 70.8 cm³/mol. The third-order valence-corrected chi connectivity index (χ3v) is 2.87. The van der Waals surface area contributed by atoms with Gasteiger partial charge in [0, 0.05) is 5.69 Å². The highest BCUT2D eigenvalue weighted by molar-refractivity contribution is 7.98. The summed E-state index contributed by atoms with van der Waals surface area (Å²) >= 11 is 1.66. The van der Waals surface area contributed by atoms with Gasteiger partial charge in [0.25, 0.3) is 0 Å². The molecule has 5 heteroatoms. The summed E-state index contributed by atoms with van der Waals surface area (Å²) in [5.74, 6) is 0.640. The second-order valence-corrected chi connectivity index (χ2v) is 4.56. The molecule has 0 saturated carbocycles. The van der Waals surface area contributed by atoms with Gasteiger partial charge in [0.15, 0.2) is 0 Å². The smallest absolute Gasteiger partial charge is 0.241 e. The van der Waals surface area contributed by atoms with Gasteiger partial charge in [-0.2, -0.15) is 17.0 Å².